The minimum Gasteiger partial charge on any atom is -0.388 e. The standard InChI is InChI=1S/C28H46O/c1-18(2)8-7-9-19(3)22-12-13-24-21-10-11-23-20(4)26(29)15-17-28(23,6)25(21)14-16-27(22,24)5/h11,18-19,21-22,24-26,29H,4,7-10,12-17H2,1-3,5-6H3. The van der Waals surface area contributed by atoms with Gasteiger partial charge in [0.15, 0.2) is 0 Å². The molecule has 1 heteroatoms. The molecule has 8 atom stereocenters. The van der Waals surface area contributed by atoms with Gasteiger partial charge in [0.05, 0.1) is 6.10 Å². The van der Waals surface area contributed by atoms with Gasteiger partial charge in [-0.3, -0.25) is 0 Å². The van der Waals surface area contributed by atoms with Crippen LogP contribution in [-0.2, 0) is 0 Å². The molecule has 3 fully saturated rings. The average molecular weight is 399 g/mol. The second kappa shape index (κ2) is 7.85. The van der Waals surface area contributed by atoms with Crippen LogP contribution in [0.2, 0.25) is 0 Å². The van der Waals surface area contributed by atoms with Gasteiger partial charge in [0, 0.05) is 0 Å². The highest BCUT2D eigenvalue weighted by molar-refractivity contribution is 5.42. The molecule has 8 unspecified atom stereocenters. The minimum absolute atomic E-state index is 0.265. The van der Waals surface area contributed by atoms with E-state index in [2.05, 4.69) is 47.3 Å². The molecular formula is C28H46O. The van der Waals surface area contributed by atoms with Crippen LogP contribution in [0, 0.1) is 46.3 Å². The maximum atomic E-state index is 10.4. The fourth-order valence-corrected chi connectivity index (χ4v) is 8.73. The van der Waals surface area contributed by atoms with E-state index in [1.54, 1.807) is 0 Å². The highest BCUT2D eigenvalue weighted by atomic mass is 16.3. The number of aliphatic hydroxyl groups is 1. The molecule has 0 radical (unpaired) electrons. The molecule has 4 aliphatic rings. The summed E-state index contributed by atoms with van der Waals surface area (Å²) in [4.78, 5) is 0. The Morgan fingerprint density at radius 2 is 1.79 bits per heavy atom. The number of hydrogen-bond donors (Lipinski definition) is 1. The van der Waals surface area contributed by atoms with Crippen LogP contribution >= 0.6 is 0 Å². The van der Waals surface area contributed by atoms with Gasteiger partial charge in [-0.25, -0.2) is 0 Å². The van der Waals surface area contributed by atoms with Gasteiger partial charge in [-0.1, -0.05) is 66.5 Å². The van der Waals surface area contributed by atoms with Crippen molar-refractivity contribution in [3.05, 3.63) is 23.8 Å². The molecule has 4 rings (SSSR count). The topological polar surface area (TPSA) is 20.2 Å². The highest BCUT2D eigenvalue weighted by Gasteiger charge is 2.59. The van der Waals surface area contributed by atoms with Crippen molar-refractivity contribution >= 4 is 0 Å². The summed E-state index contributed by atoms with van der Waals surface area (Å²) in [5.41, 5.74) is 3.29. The summed E-state index contributed by atoms with van der Waals surface area (Å²) in [7, 11) is 0. The summed E-state index contributed by atoms with van der Waals surface area (Å²) < 4.78 is 0. The van der Waals surface area contributed by atoms with Crippen molar-refractivity contribution in [2.75, 3.05) is 0 Å². The molecule has 0 aromatic rings. The zero-order valence-corrected chi connectivity index (χ0v) is 19.8. The first-order valence-corrected chi connectivity index (χ1v) is 12.8. The number of hydrogen-bond acceptors (Lipinski definition) is 1. The number of fused-ring (bicyclic) bond motifs is 5. The van der Waals surface area contributed by atoms with Crippen molar-refractivity contribution in [3.63, 3.8) is 0 Å². The lowest BCUT2D eigenvalue weighted by atomic mass is 9.46. The number of allylic oxidation sites excluding steroid dienone is 1. The molecule has 0 spiro atoms. The normalized spacial score (nSPS) is 45.4. The van der Waals surface area contributed by atoms with Gasteiger partial charge in [-0.05, 0) is 102 Å². The van der Waals surface area contributed by atoms with E-state index in [1.807, 2.05) is 0 Å². The van der Waals surface area contributed by atoms with Crippen LogP contribution in [0.1, 0.15) is 98.8 Å². The molecule has 0 bridgehead atoms. The van der Waals surface area contributed by atoms with E-state index in [4.69, 9.17) is 0 Å². The molecule has 0 amide bonds. The van der Waals surface area contributed by atoms with Crippen molar-refractivity contribution in [1.82, 2.24) is 0 Å². The lowest BCUT2D eigenvalue weighted by molar-refractivity contribution is -0.0516. The molecular weight excluding hydrogens is 352 g/mol. The summed E-state index contributed by atoms with van der Waals surface area (Å²) in [6.45, 7) is 16.8. The Balaban J connectivity index is 1.52. The second-order valence-electron chi connectivity index (χ2n) is 12.3. The lowest BCUT2D eigenvalue weighted by Gasteiger charge is -2.58. The van der Waals surface area contributed by atoms with E-state index < -0.39 is 0 Å². The lowest BCUT2D eigenvalue weighted by Crippen LogP contribution is -2.51. The van der Waals surface area contributed by atoms with Gasteiger partial charge < -0.3 is 5.11 Å². The molecule has 0 heterocycles. The predicted octanol–water partition coefficient (Wildman–Crippen LogP) is 7.55. The molecule has 4 aliphatic carbocycles. The van der Waals surface area contributed by atoms with Crippen LogP contribution in [-0.4, -0.2) is 11.2 Å². The molecule has 29 heavy (non-hydrogen) atoms. The van der Waals surface area contributed by atoms with Gasteiger partial charge >= 0.3 is 0 Å². The molecule has 1 nitrogen and oxygen atoms in total. The van der Waals surface area contributed by atoms with Gasteiger partial charge in [0.25, 0.3) is 0 Å². The third-order valence-corrected chi connectivity index (χ3v) is 10.4. The van der Waals surface area contributed by atoms with E-state index in [-0.39, 0.29) is 11.5 Å². The molecule has 0 aliphatic heterocycles. The fraction of sp³-hybridized carbons (Fsp3) is 0.857. The maximum absolute atomic E-state index is 10.4. The van der Waals surface area contributed by atoms with Gasteiger partial charge in [0.2, 0.25) is 0 Å². The first-order valence-electron chi connectivity index (χ1n) is 12.8. The first kappa shape index (κ1) is 21.7. The quantitative estimate of drug-likeness (QED) is 0.506. The van der Waals surface area contributed by atoms with Crippen LogP contribution in [0.3, 0.4) is 0 Å². The molecule has 0 saturated heterocycles. The van der Waals surface area contributed by atoms with E-state index >= 15 is 0 Å². The van der Waals surface area contributed by atoms with Crippen molar-refractivity contribution in [1.29, 1.82) is 0 Å². The van der Waals surface area contributed by atoms with Crippen molar-refractivity contribution in [3.8, 4) is 0 Å². The summed E-state index contributed by atoms with van der Waals surface area (Å²) in [5, 5.41) is 10.4. The molecule has 0 aromatic heterocycles. The smallest absolute Gasteiger partial charge is 0.0787 e. The third-order valence-electron chi connectivity index (χ3n) is 10.4. The Bertz CT molecular complexity index is 659. The van der Waals surface area contributed by atoms with Crippen LogP contribution in [0.5, 0.6) is 0 Å². The molecule has 164 valence electrons. The van der Waals surface area contributed by atoms with Crippen LogP contribution in [0.4, 0.5) is 0 Å². The Hall–Kier alpha value is -0.560. The zero-order chi connectivity index (χ0) is 21.0. The monoisotopic (exact) mass is 398 g/mol. The Labute approximate surface area is 180 Å². The predicted molar refractivity (Wildman–Crippen MR) is 124 cm³/mol. The highest BCUT2D eigenvalue weighted by Crippen LogP contribution is 2.67. The van der Waals surface area contributed by atoms with Crippen LogP contribution in [0.15, 0.2) is 23.8 Å². The summed E-state index contributed by atoms with van der Waals surface area (Å²) in [6.07, 6.45) is 15.5. The van der Waals surface area contributed by atoms with E-state index in [0.29, 0.717) is 5.41 Å². The zero-order valence-electron chi connectivity index (χ0n) is 19.8. The van der Waals surface area contributed by atoms with Gasteiger partial charge in [-0.15, -0.1) is 0 Å². The Morgan fingerprint density at radius 1 is 1.03 bits per heavy atom. The number of aliphatic hydroxyl groups excluding tert-OH is 1. The Kier molecular flexibility index (Phi) is 5.86. The van der Waals surface area contributed by atoms with Crippen LogP contribution in [0.25, 0.3) is 0 Å². The maximum Gasteiger partial charge on any atom is 0.0787 e. The molecule has 1 N–H and O–H groups in total. The average Bonchev–Trinajstić information content (AvgIpc) is 3.02. The van der Waals surface area contributed by atoms with E-state index in [1.165, 1.54) is 56.9 Å². The number of rotatable bonds is 5. The van der Waals surface area contributed by atoms with Crippen molar-refractivity contribution in [2.45, 2.75) is 105 Å². The summed E-state index contributed by atoms with van der Waals surface area (Å²) in [6, 6.07) is 0. The Morgan fingerprint density at radius 3 is 2.52 bits per heavy atom. The van der Waals surface area contributed by atoms with Gasteiger partial charge in [-0.2, -0.15) is 0 Å². The fourth-order valence-electron chi connectivity index (χ4n) is 8.73. The SMILES string of the molecule is C=C1C2=CCC3C(CCC4(C)C(C(C)CCCC(C)C)CCC34)C2(C)CCC1O. The second-order valence-corrected chi connectivity index (χ2v) is 12.3. The van der Waals surface area contributed by atoms with E-state index in [9.17, 15) is 5.11 Å². The first-order chi connectivity index (χ1) is 13.7. The molecule has 0 aromatic carbocycles. The van der Waals surface area contributed by atoms with Crippen molar-refractivity contribution < 1.29 is 5.11 Å². The van der Waals surface area contributed by atoms with Crippen molar-refractivity contribution in [2.24, 2.45) is 46.3 Å². The van der Waals surface area contributed by atoms with Gasteiger partial charge in [0.1, 0.15) is 0 Å². The summed E-state index contributed by atoms with van der Waals surface area (Å²) >= 11 is 0. The summed E-state index contributed by atoms with van der Waals surface area (Å²) in [5.74, 6) is 5.24. The largest absolute Gasteiger partial charge is 0.388 e. The molecule has 3 saturated carbocycles. The van der Waals surface area contributed by atoms with Crippen LogP contribution < -0.4 is 0 Å². The minimum atomic E-state index is -0.303. The van der Waals surface area contributed by atoms with E-state index in [0.717, 1.165) is 53.9 Å². The third kappa shape index (κ3) is 3.48.